The summed E-state index contributed by atoms with van der Waals surface area (Å²) >= 11 is 0. The van der Waals surface area contributed by atoms with Gasteiger partial charge in [0, 0.05) is 11.3 Å². The van der Waals surface area contributed by atoms with Crippen LogP contribution in [0.2, 0.25) is 0 Å². The molecule has 0 bridgehead atoms. The number of carbonyl (C=O) groups excluding carboxylic acids is 1. The zero-order valence-electron chi connectivity index (χ0n) is 12.3. The highest BCUT2D eigenvalue weighted by Crippen LogP contribution is 2.14. The van der Waals surface area contributed by atoms with Gasteiger partial charge in [-0.05, 0) is 24.1 Å². The van der Waals surface area contributed by atoms with E-state index in [1.807, 2.05) is 38.1 Å². The molecule has 6 nitrogen and oxygen atoms in total. The molecule has 0 radical (unpaired) electrons. The molecule has 0 saturated heterocycles. The molecule has 1 amide bonds. The summed E-state index contributed by atoms with van der Waals surface area (Å²) in [7, 11) is 1.59. The number of hydrogen-bond donors (Lipinski definition) is 2. The van der Waals surface area contributed by atoms with Crippen LogP contribution in [0, 0.1) is 0 Å². The summed E-state index contributed by atoms with van der Waals surface area (Å²) in [6.45, 7) is 4.05. The van der Waals surface area contributed by atoms with Crippen molar-refractivity contribution < 1.29 is 9.53 Å². The Balaban J connectivity index is 2.01. The molecule has 0 aliphatic carbocycles. The molecule has 1 aromatic carbocycles. The number of ether oxygens (including phenoxy) is 1. The van der Waals surface area contributed by atoms with Gasteiger partial charge in [0.25, 0.3) is 5.91 Å². The van der Waals surface area contributed by atoms with E-state index in [0.29, 0.717) is 11.4 Å². The SMILES string of the molecule is COc1ccccc1/C=N\NC(=O)c1cc(C(C)C)[nH]n1. The summed E-state index contributed by atoms with van der Waals surface area (Å²) in [6.07, 6.45) is 1.53. The minimum absolute atomic E-state index is 0.288. The Morgan fingerprint density at radius 3 is 2.86 bits per heavy atom. The Bertz CT molecular complexity index is 647. The maximum Gasteiger partial charge on any atom is 0.291 e. The van der Waals surface area contributed by atoms with Crippen LogP contribution >= 0.6 is 0 Å². The van der Waals surface area contributed by atoms with E-state index in [1.54, 1.807) is 13.2 Å². The molecular weight excluding hydrogens is 268 g/mol. The molecule has 2 aromatic rings. The van der Waals surface area contributed by atoms with E-state index >= 15 is 0 Å². The minimum atomic E-state index is -0.357. The molecule has 2 rings (SSSR count). The molecule has 110 valence electrons. The van der Waals surface area contributed by atoms with Crippen LogP contribution in [-0.4, -0.2) is 29.4 Å². The highest BCUT2D eigenvalue weighted by Gasteiger charge is 2.11. The molecule has 0 fully saturated rings. The standard InChI is InChI=1S/C15H18N4O2/c1-10(2)12-8-13(18-17-12)15(20)19-16-9-11-6-4-5-7-14(11)21-3/h4-10H,1-3H3,(H,17,18)(H,19,20)/b16-9-. The van der Waals surface area contributed by atoms with Gasteiger partial charge in [0.15, 0.2) is 5.69 Å². The summed E-state index contributed by atoms with van der Waals surface area (Å²) in [5.41, 5.74) is 4.45. The van der Waals surface area contributed by atoms with Gasteiger partial charge < -0.3 is 4.74 Å². The number of aromatic nitrogens is 2. The second-order valence-corrected chi connectivity index (χ2v) is 4.80. The number of amides is 1. The number of H-pyrrole nitrogens is 1. The molecule has 0 aliphatic heterocycles. The van der Waals surface area contributed by atoms with Gasteiger partial charge in [-0.3, -0.25) is 9.89 Å². The quantitative estimate of drug-likeness (QED) is 0.654. The van der Waals surface area contributed by atoms with Crippen molar-refractivity contribution in [3.05, 3.63) is 47.3 Å². The lowest BCUT2D eigenvalue weighted by molar-refractivity contribution is 0.0950. The summed E-state index contributed by atoms with van der Waals surface area (Å²) < 4.78 is 5.20. The van der Waals surface area contributed by atoms with Crippen molar-refractivity contribution in [3.63, 3.8) is 0 Å². The molecule has 2 N–H and O–H groups in total. The summed E-state index contributed by atoms with van der Waals surface area (Å²) in [6, 6.07) is 9.13. The zero-order valence-corrected chi connectivity index (χ0v) is 12.3. The van der Waals surface area contributed by atoms with Crippen LogP contribution < -0.4 is 10.2 Å². The summed E-state index contributed by atoms with van der Waals surface area (Å²) in [4.78, 5) is 11.9. The monoisotopic (exact) mass is 286 g/mol. The molecule has 0 unspecified atom stereocenters. The number of methoxy groups -OCH3 is 1. The van der Waals surface area contributed by atoms with Gasteiger partial charge in [-0.2, -0.15) is 10.2 Å². The highest BCUT2D eigenvalue weighted by molar-refractivity contribution is 5.93. The summed E-state index contributed by atoms with van der Waals surface area (Å²) in [5, 5.41) is 10.7. The first-order valence-electron chi connectivity index (χ1n) is 6.63. The van der Waals surface area contributed by atoms with Crippen molar-refractivity contribution in [1.29, 1.82) is 0 Å². The minimum Gasteiger partial charge on any atom is -0.496 e. The predicted octanol–water partition coefficient (Wildman–Crippen LogP) is 2.31. The van der Waals surface area contributed by atoms with Crippen LogP contribution in [0.4, 0.5) is 0 Å². The smallest absolute Gasteiger partial charge is 0.291 e. The topological polar surface area (TPSA) is 79.4 Å². The van der Waals surface area contributed by atoms with Crippen molar-refractivity contribution in [3.8, 4) is 5.75 Å². The maximum absolute atomic E-state index is 11.9. The second kappa shape index (κ2) is 6.69. The number of carbonyl (C=O) groups is 1. The lowest BCUT2D eigenvalue weighted by atomic mass is 10.1. The van der Waals surface area contributed by atoms with Crippen molar-refractivity contribution in [2.24, 2.45) is 5.10 Å². The normalized spacial score (nSPS) is 11.0. The van der Waals surface area contributed by atoms with Crippen LogP contribution in [0.3, 0.4) is 0 Å². The summed E-state index contributed by atoms with van der Waals surface area (Å²) in [5.74, 6) is 0.623. The number of nitrogens with zero attached hydrogens (tertiary/aromatic N) is 2. The predicted molar refractivity (Wildman–Crippen MR) is 80.7 cm³/mol. The number of rotatable bonds is 5. The van der Waals surface area contributed by atoms with Gasteiger partial charge >= 0.3 is 0 Å². The molecule has 0 aliphatic rings. The fraction of sp³-hybridized carbons (Fsp3) is 0.267. The van der Waals surface area contributed by atoms with Crippen molar-refractivity contribution in [2.45, 2.75) is 19.8 Å². The average Bonchev–Trinajstić information content (AvgIpc) is 2.98. The number of nitrogens with one attached hydrogen (secondary N) is 2. The number of hydrogen-bond acceptors (Lipinski definition) is 4. The number of benzene rings is 1. The molecule has 1 heterocycles. The van der Waals surface area contributed by atoms with E-state index in [0.717, 1.165) is 11.3 Å². The van der Waals surface area contributed by atoms with Crippen molar-refractivity contribution in [1.82, 2.24) is 15.6 Å². The van der Waals surface area contributed by atoms with Crippen LogP contribution in [0.25, 0.3) is 0 Å². The largest absolute Gasteiger partial charge is 0.496 e. The molecular formula is C15H18N4O2. The van der Waals surface area contributed by atoms with Gasteiger partial charge in [-0.25, -0.2) is 5.43 Å². The first kappa shape index (κ1) is 14.8. The number of aromatic amines is 1. The first-order valence-corrected chi connectivity index (χ1v) is 6.63. The average molecular weight is 286 g/mol. The highest BCUT2D eigenvalue weighted by atomic mass is 16.5. The first-order chi connectivity index (χ1) is 10.1. The molecule has 21 heavy (non-hydrogen) atoms. The van der Waals surface area contributed by atoms with Crippen molar-refractivity contribution >= 4 is 12.1 Å². The van der Waals surface area contributed by atoms with E-state index in [1.165, 1.54) is 6.21 Å². The van der Waals surface area contributed by atoms with Crippen LogP contribution in [-0.2, 0) is 0 Å². The van der Waals surface area contributed by atoms with Crippen LogP contribution in [0.1, 0.15) is 41.5 Å². The Labute approximate surface area is 123 Å². The molecule has 6 heteroatoms. The van der Waals surface area contributed by atoms with E-state index in [-0.39, 0.29) is 11.8 Å². The Morgan fingerprint density at radius 1 is 1.43 bits per heavy atom. The number of hydrazone groups is 1. The van der Waals surface area contributed by atoms with E-state index in [4.69, 9.17) is 4.74 Å². The van der Waals surface area contributed by atoms with E-state index in [9.17, 15) is 4.79 Å². The van der Waals surface area contributed by atoms with Gasteiger partial charge in [0.2, 0.25) is 0 Å². The van der Waals surface area contributed by atoms with Gasteiger partial charge in [0.1, 0.15) is 5.75 Å². The van der Waals surface area contributed by atoms with Crippen LogP contribution in [0.15, 0.2) is 35.4 Å². The van der Waals surface area contributed by atoms with Gasteiger partial charge in [0.05, 0.1) is 13.3 Å². The molecule has 1 aromatic heterocycles. The lowest BCUT2D eigenvalue weighted by Gasteiger charge is -2.02. The Hall–Kier alpha value is -2.63. The molecule has 0 saturated carbocycles. The molecule has 0 spiro atoms. The molecule has 0 atom stereocenters. The second-order valence-electron chi connectivity index (χ2n) is 4.80. The fourth-order valence-electron chi connectivity index (χ4n) is 1.74. The third-order valence-electron chi connectivity index (χ3n) is 2.96. The Kier molecular flexibility index (Phi) is 4.71. The third-order valence-corrected chi connectivity index (χ3v) is 2.96. The maximum atomic E-state index is 11.9. The van der Waals surface area contributed by atoms with Crippen LogP contribution in [0.5, 0.6) is 5.75 Å². The lowest BCUT2D eigenvalue weighted by Crippen LogP contribution is -2.18. The van der Waals surface area contributed by atoms with Crippen molar-refractivity contribution in [2.75, 3.05) is 7.11 Å². The zero-order chi connectivity index (χ0) is 15.2. The fourth-order valence-corrected chi connectivity index (χ4v) is 1.74. The number of para-hydroxylation sites is 1. The third kappa shape index (κ3) is 3.68. The Morgan fingerprint density at radius 2 is 2.19 bits per heavy atom. The van der Waals surface area contributed by atoms with E-state index < -0.39 is 0 Å². The van der Waals surface area contributed by atoms with Gasteiger partial charge in [-0.15, -0.1) is 0 Å². The van der Waals surface area contributed by atoms with Gasteiger partial charge in [-0.1, -0.05) is 26.0 Å². The van der Waals surface area contributed by atoms with E-state index in [2.05, 4.69) is 20.7 Å².